The second kappa shape index (κ2) is 12.7. The van der Waals surface area contributed by atoms with Gasteiger partial charge < -0.3 is 38.8 Å². The van der Waals surface area contributed by atoms with Crippen molar-refractivity contribution in [1.82, 2.24) is 9.58 Å². The van der Waals surface area contributed by atoms with Crippen LogP contribution in [0.1, 0.15) is 27.2 Å². The van der Waals surface area contributed by atoms with Gasteiger partial charge in [0.25, 0.3) is 5.91 Å². The van der Waals surface area contributed by atoms with Gasteiger partial charge in [-0.2, -0.15) is 0 Å². The number of aromatic nitrogens is 1. The summed E-state index contributed by atoms with van der Waals surface area (Å²) in [4.78, 5) is 33.5. The summed E-state index contributed by atoms with van der Waals surface area (Å²) < 4.78 is 58.0. The van der Waals surface area contributed by atoms with Crippen molar-refractivity contribution in [2.75, 3.05) is 53.0 Å². The standard InChI is InChI=1S/C29H28F2N4O8S/c1-38-14-43-33-21-11-22(18-10-20(30)25(31)19-13-44-23-6-4-3-5-16(23)9-17(18)19)35-26(27(21)41-15-42-29(37)39-2)28(36)34-7-8-40-12-24(34)32-35/h3-6,10-11,24,32H,7-9,12-15H2,1-2H3/b33-21+/t24-/m0/s1. The normalized spacial score (nSPS) is 17.4. The number of amides is 1. The molecule has 0 saturated carbocycles. The predicted molar refractivity (Wildman–Crippen MR) is 151 cm³/mol. The zero-order valence-electron chi connectivity index (χ0n) is 23.8. The van der Waals surface area contributed by atoms with Crippen LogP contribution < -0.4 is 15.5 Å². The molecule has 1 fully saturated rings. The Kier molecular flexibility index (Phi) is 8.59. The number of nitrogens with one attached hydrogen (secondary N) is 1. The van der Waals surface area contributed by atoms with Gasteiger partial charge in [0.2, 0.25) is 13.6 Å². The number of nitrogens with zero attached hydrogens (tertiary/aromatic N) is 3. The zero-order chi connectivity index (χ0) is 30.8. The van der Waals surface area contributed by atoms with Gasteiger partial charge in [0, 0.05) is 35.4 Å². The van der Waals surface area contributed by atoms with Crippen LogP contribution in [0.2, 0.25) is 0 Å². The van der Waals surface area contributed by atoms with E-state index in [-0.39, 0.29) is 48.1 Å². The van der Waals surface area contributed by atoms with E-state index >= 15 is 8.78 Å². The van der Waals surface area contributed by atoms with Gasteiger partial charge in [-0.1, -0.05) is 23.4 Å². The van der Waals surface area contributed by atoms with Crippen LogP contribution in [0.4, 0.5) is 13.6 Å². The number of halogens is 2. The summed E-state index contributed by atoms with van der Waals surface area (Å²) in [7, 11) is 2.55. The number of carbonyl (C=O) groups is 2. The monoisotopic (exact) mass is 630 g/mol. The number of ether oxygens (including phenoxy) is 5. The molecule has 3 aliphatic rings. The lowest BCUT2D eigenvalue weighted by molar-refractivity contribution is -0.0340. The number of thioether (sulfide) groups is 1. The van der Waals surface area contributed by atoms with E-state index in [9.17, 15) is 9.59 Å². The zero-order valence-corrected chi connectivity index (χ0v) is 24.6. The molecule has 1 N–H and O–H groups in total. The second-order valence-corrected chi connectivity index (χ2v) is 10.9. The summed E-state index contributed by atoms with van der Waals surface area (Å²) in [6.07, 6.45) is -1.26. The van der Waals surface area contributed by atoms with Crippen LogP contribution in [0.15, 0.2) is 46.4 Å². The highest BCUT2D eigenvalue weighted by Gasteiger charge is 2.39. The molecule has 4 heterocycles. The highest BCUT2D eigenvalue weighted by molar-refractivity contribution is 7.98. The van der Waals surface area contributed by atoms with Gasteiger partial charge in [-0.25, -0.2) is 18.3 Å². The van der Waals surface area contributed by atoms with Gasteiger partial charge in [0.05, 0.1) is 26.0 Å². The van der Waals surface area contributed by atoms with Gasteiger partial charge in [-0.3, -0.25) is 4.79 Å². The van der Waals surface area contributed by atoms with Crippen LogP contribution in [0.3, 0.4) is 0 Å². The molecule has 0 aliphatic carbocycles. The fourth-order valence-electron chi connectivity index (χ4n) is 5.35. The van der Waals surface area contributed by atoms with E-state index in [1.165, 1.54) is 29.6 Å². The molecule has 1 atom stereocenters. The van der Waals surface area contributed by atoms with Gasteiger partial charge in [0.15, 0.2) is 23.1 Å². The topological polar surface area (TPSA) is 122 Å². The number of fused-ring (bicyclic) bond motifs is 4. The van der Waals surface area contributed by atoms with E-state index in [2.05, 4.69) is 15.3 Å². The lowest BCUT2D eigenvalue weighted by atomic mass is 9.92. The quantitative estimate of drug-likeness (QED) is 0.180. The molecule has 0 spiro atoms. The predicted octanol–water partition coefficient (Wildman–Crippen LogP) is 3.54. The van der Waals surface area contributed by atoms with Gasteiger partial charge >= 0.3 is 6.16 Å². The molecule has 1 aromatic heterocycles. The van der Waals surface area contributed by atoms with Crippen molar-refractivity contribution in [2.45, 2.75) is 23.2 Å². The van der Waals surface area contributed by atoms with Crippen LogP contribution in [-0.4, -0.2) is 75.4 Å². The molecular formula is C29H28F2N4O8S. The second-order valence-electron chi connectivity index (χ2n) is 9.88. The van der Waals surface area contributed by atoms with Crippen molar-refractivity contribution in [3.05, 3.63) is 75.8 Å². The smallest absolute Gasteiger partial charge is 0.452 e. The molecule has 3 aromatic rings. The van der Waals surface area contributed by atoms with Gasteiger partial charge in [0.1, 0.15) is 11.5 Å². The summed E-state index contributed by atoms with van der Waals surface area (Å²) in [5.41, 5.74) is 5.60. The summed E-state index contributed by atoms with van der Waals surface area (Å²) in [6.45, 7) is -0.0836. The first-order chi connectivity index (χ1) is 21.4. The van der Waals surface area contributed by atoms with Gasteiger partial charge in [-0.05, 0) is 35.7 Å². The Hall–Kier alpha value is -4.34. The van der Waals surface area contributed by atoms with Crippen molar-refractivity contribution < 1.29 is 46.9 Å². The molecule has 3 aliphatic heterocycles. The van der Waals surface area contributed by atoms with E-state index in [1.807, 2.05) is 24.3 Å². The van der Waals surface area contributed by atoms with Crippen LogP contribution in [0.5, 0.6) is 5.75 Å². The SMILES string of the molecule is COCO/N=c1\cc(-c2cc(F)c(F)c3c2Cc2ccccc2SC3)n2c(c1OCOC(=O)OC)C(=O)N1CCOC[C@H]1N2. The molecule has 12 nitrogen and oxygen atoms in total. The summed E-state index contributed by atoms with van der Waals surface area (Å²) >= 11 is 1.42. The molecule has 1 amide bonds. The van der Waals surface area contributed by atoms with E-state index in [0.717, 1.165) is 23.6 Å². The van der Waals surface area contributed by atoms with E-state index in [0.29, 0.717) is 29.8 Å². The lowest BCUT2D eigenvalue weighted by Crippen LogP contribution is -2.59. The van der Waals surface area contributed by atoms with E-state index in [1.54, 1.807) is 4.90 Å². The number of methoxy groups -OCH3 is 2. The van der Waals surface area contributed by atoms with Crippen LogP contribution in [-0.2, 0) is 36.0 Å². The molecule has 0 bridgehead atoms. The Morgan fingerprint density at radius 1 is 1.18 bits per heavy atom. The Morgan fingerprint density at radius 2 is 2.02 bits per heavy atom. The Labute approximate surface area is 254 Å². The summed E-state index contributed by atoms with van der Waals surface area (Å²) in [6, 6.07) is 10.3. The largest absolute Gasteiger partial charge is 0.510 e. The Morgan fingerprint density at radius 3 is 2.84 bits per heavy atom. The van der Waals surface area contributed by atoms with E-state index in [4.69, 9.17) is 23.8 Å². The highest BCUT2D eigenvalue weighted by atomic mass is 32.2. The number of rotatable bonds is 7. The van der Waals surface area contributed by atoms with E-state index < -0.39 is 36.7 Å². The first-order valence-electron chi connectivity index (χ1n) is 13.6. The molecule has 0 unspecified atom stereocenters. The molecule has 44 heavy (non-hydrogen) atoms. The third-order valence-corrected chi connectivity index (χ3v) is 8.50. The number of pyridine rings is 1. The number of hydrogen-bond donors (Lipinski definition) is 1. The maximum absolute atomic E-state index is 15.4. The van der Waals surface area contributed by atoms with Crippen molar-refractivity contribution >= 4 is 23.8 Å². The number of hydrogen-bond acceptors (Lipinski definition) is 11. The van der Waals surface area contributed by atoms with Crippen molar-refractivity contribution in [3.63, 3.8) is 0 Å². The number of carbonyl (C=O) groups excluding carboxylic acids is 2. The minimum absolute atomic E-state index is 0.0144. The molecule has 2 aromatic carbocycles. The average Bonchev–Trinajstić information content (AvgIpc) is 3.24. The maximum atomic E-state index is 15.4. The maximum Gasteiger partial charge on any atom is 0.510 e. The van der Waals surface area contributed by atoms with Crippen molar-refractivity contribution in [1.29, 1.82) is 0 Å². The fraction of sp³-hybridized carbons (Fsp3) is 0.345. The van der Waals surface area contributed by atoms with Gasteiger partial charge in [-0.15, -0.1) is 11.8 Å². The minimum atomic E-state index is -1.04. The fourth-order valence-corrected chi connectivity index (χ4v) is 6.45. The first kappa shape index (κ1) is 29.7. The molecule has 1 saturated heterocycles. The third kappa shape index (κ3) is 5.53. The molecule has 15 heteroatoms. The Balaban J connectivity index is 1.60. The highest BCUT2D eigenvalue weighted by Crippen LogP contribution is 2.40. The molecule has 232 valence electrons. The summed E-state index contributed by atoms with van der Waals surface area (Å²) in [5, 5.41) is 4.14. The molecular weight excluding hydrogens is 602 g/mol. The average molecular weight is 631 g/mol. The van der Waals surface area contributed by atoms with Crippen molar-refractivity contribution in [3.8, 4) is 17.0 Å². The molecule has 0 radical (unpaired) electrons. The molecule has 6 rings (SSSR count). The summed E-state index contributed by atoms with van der Waals surface area (Å²) in [5.74, 6) is -2.31. The van der Waals surface area contributed by atoms with Crippen LogP contribution in [0.25, 0.3) is 11.3 Å². The number of benzene rings is 2. The Bertz CT molecular complexity index is 1680. The van der Waals surface area contributed by atoms with Crippen LogP contribution in [0, 0.1) is 11.6 Å². The van der Waals surface area contributed by atoms with Crippen LogP contribution >= 0.6 is 11.8 Å². The lowest BCUT2D eigenvalue weighted by Gasteiger charge is -2.42. The van der Waals surface area contributed by atoms with Crippen molar-refractivity contribution in [2.24, 2.45) is 5.16 Å². The third-order valence-electron chi connectivity index (χ3n) is 7.36. The minimum Gasteiger partial charge on any atom is -0.452 e. The number of morpholine rings is 1. The first-order valence-corrected chi connectivity index (χ1v) is 14.5.